The highest BCUT2D eigenvalue weighted by atomic mass is 15.1. The summed E-state index contributed by atoms with van der Waals surface area (Å²) in [6, 6.07) is 48.9. The molecular weight excluding hydrogens is 558 g/mol. The largest absolute Gasteiger partial charge is 0.292 e. The SMILES string of the molecule is C1=Cc2ccccc2C2(c3ccccc31)c1ccccc1-c1cc(-c3ccc4c(c3)c3ccncc3n4-c3ccccn3)ccc12. The van der Waals surface area contributed by atoms with Crippen LogP contribution in [-0.4, -0.2) is 14.5 Å². The minimum Gasteiger partial charge on any atom is -0.292 e. The van der Waals surface area contributed by atoms with Gasteiger partial charge < -0.3 is 0 Å². The summed E-state index contributed by atoms with van der Waals surface area (Å²) in [6.07, 6.45) is 10.2. The van der Waals surface area contributed by atoms with Gasteiger partial charge in [-0.25, -0.2) is 4.98 Å². The molecule has 0 radical (unpaired) electrons. The monoisotopic (exact) mass is 585 g/mol. The number of rotatable bonds is 2. The molecule has 0 saturated carbocycles. The van der Waals surface area contributed by atoms with E-state index in [1.165, 1.54) is 66.4 Å². The Morgan fingerprint density at radius 3 is 1.93 bits per heavy atom. The topological polar surface area (TPSA) is 30.7 Å². The van der Waals surface area contributed by atoms with E-state index in [0.717, 1.165) is 16.9 Å². The van der Waals surface area contributed by atoms with Crippen LogP contribution >= 0.6 is 0 Å². The maximum atomic E-state index is 4.67. The molecule has 0 N–H and O–H groups in total. The average molecular weight is 586 g/mol. The molecule has 3 heteroatoms. The van der Waals surface area contributed by atoms with E-state index in [1.807, 2.05) is 36.8 Å². The van der Waals surface area contributed by atoms with Gasteiger partial charge in [0, 0.05) is 23.2 Å². The van der Waals surface area contributed by atoms with Crippen LogP contribution in [0.15, 0.2) is 152 Å². The van der Waals surface area contributed by atoms with Gasteiger partial charge in [0.05, 0.1) is 22.6 Å². The van der Waals surface area contributed by atoms with E-state index in [1.54, 1.807) is 0 Å². The summed E-state index contributed by atoms with van der Waals surface area (Å²) in [7, 11) is 0. The van der Waals surface area contributed by atoms with Crippen molar-refractivity contribution in [3.8, 4) is 28.1 Å². The van der Waals surface area contributed by atoms with Crippen molar-refractivity contribution < 1.29 is 0 Å². The van der Waals surface area contributed by atoms with Gasteiger partial charge in [-0.05, 0) is 92.0 Å². The second kappa shape index (κ2) is 9.47. The molecule has 0 aliphatic heterocycles. The van der Waals surface area contributed by atoms with Gasteiger partial charge in [0.2, 0.25) is 0 Å². The Hall–Kier alpha value is -6.06. The molecule has 0 fully saturated rings. The third-order valence-electron chi connectivity index (χ3n) is 10.00. The summed E-state index contributed by atoms with van der Waals surface area (Å²) in [5.41, 5.74) is 14.6. The Bertz CT molecular complexity index is 2490. The minimum absolute atomic E-state index is 0.409. The number of benzene rings is 5. The van der Waals surface area contributed by atoms with Gasteiger partial charge in [0.1, 0.15) is 5.82 Å². The highest BCUT2D eigenvalue weighted by Crippen LogP contribution is 2.58. The summed E-state index contributed by atoms with van der Waals surface area (Å²) in [4.78, 5) is 9.14. The van der Waals surface area contributed by atoms with Gasteiger partial charge in [0.25, 0.3) is 0 Å². The van der Waals surface area contributed by atoms with E-state index in [4.69, 9.17) is 0 Å². The van der Waals surface area contributed by atoms with Crippen molar-refractivity contribution in [3.63, 3.8) is 0 Å². The number of pyridine rings is 2. The molecule has 0 bridgehead atoms. The summed E-state index contributed by atoms with van der Waals surface area (Å²) >= 11 is 0. The van der Waals surface area contributed by atoms with Crippen molar-refractivity contribution in [2.24, 2.45) is 0 Å². The van der Waals surface area contributed by atoms with E-state index in [2.05, 4.69) is 142 Å². The number of aromatic nitrogens is 3. The second-order valence-electron chi connectivity index (χ2n) is 12.2. The maximum Gasteiger partial charge on any atom is 0.137 e. The molecule has 2 aliphatic rings. The Morgan fingerprint density at radius 2 is 1.15 bits per heavy atom. The number of hydrogen-bond acceptors (Lipinski definition) is 2. The number of hydrogen-bond donors (Lipinski definition) is 0. The van der Waals surface area contributed by atoms with E-state index in [-0.39, 0.29) is 0 Å². The normalized spacial score (nSPS) is 13.7. The lowest BCUT2D eigenvalue weighted by Gasteiger charge is -2.35. The number of nitrogens with zero attached hydrogens (tertiary/aromatic N) is 3. The highest BCUT2D eigenvalue weighted by Gasteiger charge is 2.48. The molecule has 0 unspecified atom stereocenters. The van der Waals surface area contributed by atoms with Gasteiger partial charge in [-0.15, -0.1) is 0 Å². The van der Waals surface area contributed by atoms with Crippen LogP contribution in [0.1, 0.15) is 33.4 Å². The molecule has 3 heterocycles. The summed E-state index contributed by atoms with van der Waals surface area (Å²) < 4.78 is 2.21. The van der Waals surface area contributed by atoms with Crippen LogP contribution in [-0.2, 0) is 5.41 Å². The zero-order valence-corrected chi connectivity index (χ0v) is 24.9. The second-order valence-corrected chi connectivity index (χ2v) is 12.2. The summed E-state index contributed by atoms with van der Waals surface area (Å²) in [5.74, 6) is 0.890. The van der Waals surface area contributed by atoms with Gasteiger partial charge in [-0.2, -0.15) is 0 Å². The molecule has 1 spiro atoms. The molecule has 5 aromatic carbocycles. The first kappa shape index (κ1) is 25.3. The molecule has 3 aromatic heterocycles. The number of fused-ring (bicyclic) bond motifs is 12. The fourth-order valence-electron chi connectivity index (χ4n) is 8.12. The standard InChI is InChI=1S/C43H27N3/c1-4-12-36-28(9-1)16-17-29-10-2-5-13-37(29)43(36)38-14-6-3-11-32(38)34-25-30(18-20-39(34)43)31-19-21-40-35(26-31)33-22-24-44-27-41(33)46(40)42-15-7-8-23-45-42/h1-27H. The Kier molecular flexibility index (Phi) is 5.20. The molecule has 3 nitrogen and oxygen atoms in total. The fraction of sp³-hybridized carbons (Fsp3) is 0.0233. The first-order valence-electron chi connectivity index (χ1n) is 15.7. The summed E-state index contributed by atoms with van der Waals surface area (Å²) in [5, 5.41) is 2.36. The van der Waals surface area contributed by atoms with Crippen LogP contribution in [0.4, 0.5) is 0 Å². The van der Waals surface area contributed by atoms with Gasteiger partial charge in [-0.3, -0.25) is 9.55 Å². The molecule has 0 atom stereocenters. The molecule has 0 amide bonds. The Labute approximate surface area is 266 Å². The molecular formula is C43H27N3. The zero-order valence-electron chi connectivity index (χ0n) is 24.9. The van der Waals surface area contributed by atoms with E-state index >= 15 is 0 Å². The third kappa shape index (κ3) is 3.32. The summed E-state index contributed by atoms with van der Waals surface area (Å²) in [6.45, 7) is 0. The molecule has 214 valence electrons. The van der Waals surface area contributed by atoms with Crippen LogP contribution in [0.3, 0.4) is 0 Å². The van der Waals surface area contributed by atoms with Crippen LogP contribution < -0.4 is 0 Å². The van der Waals surface area contributed by atoms with Crippen LogP contribution in [0.2, 0.25) is 0 Å². The van der Waals surface area contributed by atoms with E-state index < -0.39 is 5.41 Å². The predicted octanol–water partition coefficient (Wildman–Crippen LogP) is 10.1. The quantitative estimate of drug-likeness (QED) is 0.202. The predicted molar refractivity (Wildman–Crippen MR) is 188 cm³/mol. The molecule has 46 heavy (non-hydrogen) atoms. The van der Waals surface area contributed by atoms with E-state index in [9.17, 15) is 0 Å². The van der Waals surface area contributed by atoms with Gasteiger partial charge >= 0.3 is 0 Å². The average Bonchev–Trinajstić information content (AvgIpc) is 3.55. The lowest BCUT2D eigenvalue weighted by molar-refractivity contribution is 0.766. The van der Waals surface area contributed by atoms with Crippen LogP contribution in [0.25, 0.3) is 62.0 Å². The fourth-order valence-corrected chi connectivity index (χ4v) is 8.12. The van der Waals surface area contributed by atoms with Crippen molar-refractivity contribution in [1.29, 1.82) is 0 Å². The first-order valence-corrected chi connectivity index (χ1v) is 15.7. The van der Waals surface area contributed by atoms with Gasteiger partial charge in [-0.1, -0.05) is 109 Å². The smallest absolute Gasteiger partial charge is 0.137 e. The van der Waals surface area contributed by atoms with Crippen molar-refractivity contribution in [3.05, 3.63) is 185 Å². The molecule has 0 saturated heterocycles. The Morgan fingerprint density at radius 1 is 0.478 bits per heavy atom. The van der Waals surface area contributed by atoms with E-state index in [0.29, 0.717) is 0 Å². The molecule has 2 aliphatic carbocycles. The maximum absolute atomic E-state index is 4.67. The first-order chi connectivity index (χ1) is 22.8. The van der Waals surface area contributed by atoms with Crippen LogP contribution in [0, 0.1) is 0 Å². The Balaban J connectivity index is 1.22. The minimum atomic E-state index is -0.409. The van der Waals surface area contributed by atoms with Gasteiger partial charge in [0.15, 0.2) is 0 Å². The van der Waals surface area contributed by atoms with Crippen molar-refractivity contribution in [2.45, 2.75) is 5.41 Å². The molecule has 8 aromatic rings. The molecule has 10 rings (SSSR count). The highest BCUT2D eigenvalue weighted by molar-refractivity contribution is 6.10. The van der Waals surface area contributed by atoms with Crippen molar-refractivity contribution >= 4 is 34.0 Å². The van der Waals surface area contributed by atoms with Crippen molar-refractivity contribution in [2.75, 3.05) is 0 Å². The van der Waals surface area contributed by atoms with Crippen LogP contribution in [0.5, 0.6) is 0 Å². The zero-order chi connectivity index (χ0) is 30.2. The van der Waals surface area contributed by atoms with Crippen molar-refractivity contribution in [1.82, 2.24) is 14.5 Å². The lowest BCUT2D eigenvalue weighted by Crippen LogP contribution is -2.29. The lowest BCUT2D eigenvalue weighted by atomic mass is 9.66. The third-order valence-corrected chi connectivity index (χ3v) is 10.00.